The lowest BCUT2D eigenvalue weighted by Crippen LogP contribution is -2.56. The van der Waals surface area contributed by atoms with Crippen LogP contribution in [0.15, 0.2) is 71.2 Å². The average molecular weight is 693 g/mol. The molecule has 6 rings (SSSR count). The molecule has 0 saturated carbocycles. The molecule has 2 saturated heterocycles. The highest BCUT2D eigenvalue weighted by Crippen LogP contribution is 2.59. The molecule has 3 amide bonds. The van der Waals surface area contributed by atoms with Crippen molar-refractivity contribution in [3.05, 3.63) is 87.9 Å². The Labute approximate surface area is 276 Å². The third-order valence-corrected chi connectivity index (χ3v) is 10.1. The molecule has 0 radical (unpaired) electrons. The normalized spacial score (nSPS) is 30.6. The van der Waals surface area contributed by atoms with E-state index < -0.39 is 47.6 Å². The number of likely N-dealkylation sites (tertiary alicyclic amines) is 1. The van der Waals surface area contributed by atoms with Crippen LogP contribution in [0.5, 0.6) is 0 Å². The molecule has 2 N–H and O–H groups in total. The van der Waals surface area contributed by atoms with Crippen LogP contribution in [0.25, 0.3) is 0 Å². The number of carbonyl (C=O) groups is 4. The van der Waals surface area contributed by atoms with Crippen LogP contribution >= 0.6 is 15.9 Å². The average Bonchev–Trinajstić information content (AvgIpc) is 3.63. The van der Waals surface area contributed by atoms with Crippen LogP contribution in [0.3, 0.4) is 0 Å². The molecule has 4 aliphatic heterocycles. The van der Waals surface area contributed by atoms with Gasteiger partial charge in [-0.2, -0.15) is 0 Å². The molecule has 0 aromatic heterocycles. The number of esters is 1. The van der Waals surface area contributed by atoms with E-state index in [1.165, 1.54) is 4.90 Å². The Morgan fingerprint density at radius 3 is 2.46 bits per heavy atom. The predicted octanol–water partition coefficient (Wildman–Crippen LogP) is 3.64. The van der Waals surface area contributed by atoms with Crippen LogP contribution in [-0.2, 0) is 28.7 Å². The molecule has 11 heteroatoms. The number of fused-ring (bicyclic) bond motifs is 2. The lowest BCUT2D eigenvalue weighted by Gasteiger charge is -2.36. The van der Waals surface area contributed by atoms with E-state index in [4.69, 9.17) is 9.47 Å². The maximum absolute atomic E-state index is 15.0. The highest BCUT2D eigenvalue weighted by atomic mass is 79.9. The predicted molar refractivity (Wildman–Crippen MR) is 174 cm³/mol. The summed E-state index contributed by atoms with van der Waals surface area (Å²) in [6.07, 6.45) is 4.78. The van der Waals surface area contributed by atoms with Gasteiger partial charge in [-0.3, -0.25) is 19.2 Å². The summed E-state index contributed by atoms with van der Waals surface area (Å²) in [5, 5.41) is 12.6. The summed E-state index contributed by atoms with van der Waals surface area (Å²) < 4.78 is 13.3. The molecule has 1 spiro atoms. The number of ether oxygens (including phenoxy) is 2. The van der Waals surface area contributed by atoms with Gasteiger partial charge < -0.3 is 29.7 Å². The van der Waals surface area contributed by atoms with E-state index in [0.717, 1.165) is 16.8 Å². The fourth-order valence-corrected chi connectivity index (χ4v) is 8.07. The molecule has 5 bridgehead atoms. The standard InChI is InChI=1S/C35H38BrN3O7/c1-21-11-9-12-22(2)29(21)38-16-8-4-7-15-26(41)37-20-25(23-13-5-3-6-14-23)45-34(44)27-28-32(42)39(17-10-18-40)31(33(38)43)35(28)19-24(36)30(27)46-35/h3-6,8-9,11-14,19,25,27-28,30-31,40H,7,10,15-18,20H2,1-2H3,(H,37,41)/b8-4-/t25-,27-,28+,30-,31-,35+/m1/s1. The van der Waals surface area contributed by atoms with Crippen molar-refractivity contribution in [2.24, 2.45) is 11.8 Å². The van der Waals surface area contributed by atoms with Crippen molar-refractivity contribution in [1.29, 1.82) is 0 Å². The second kappa shape index (κ2) is 13.1. The number of aliphatic hydroxyl groups excluding tert-OH is 1. The summed E-state index contributed by atoms with van der Waals surface area (Å²) >= 11 is 3.59. The largest absolute Gasteiger partial charge is 0.455 e. The first-order chi connectivity index (χ1) is 22.2. The van der Waals surface area contributed by atoms with E-state index in [-0.39, 0.29) is 50.9 Å². The zero-order valence-corrected chi connectivity index (χ0v) is 27.4. The minimum Gasteiger partial charge on any atom is -0.455 e. The summed E-state index contributed by atoms with van der Waals surface area (Å²) in [7, 11) is 0. The molecular formula is C35H38BrN3O7. The number of hydrogen-bond acceptors (Lipinski definition) is 7. The topological polar surface area (TPSA) is 125 Å². The second-order valence-electron chi connectivity index (χ2n) is 12.3. The minimum absolute atomic E-state index is 0.0569. The number of aliphatic hydroxyl groups is 1. The Morgan fingerprint density at radius 1 is 1.00 bits per heavy atom. The van der Waals surface area contributed by atoms with Gasteiger partial charge in [-0.25, -0.2) is 0 Å². The Kier molecular flexibility index (Phi) is 9.18. The molecule has 0 unspecified atom stereocenters. The Bertz CT molecular complexity index is 1570. The maximum Gasteiger partial charge on any atom is 0.313 e. The molecule has 10 nitrogen and oxygen atoms in total. The van der Waals surface area contributed by atoms with Gasteiger partial charge in [0, 0.05) is 36.3 Å². The fourth-order valence-electron chi connectivity index (χ4n) is 7.34. The van der Waals surface area contributed by atoms with Crippen molar-refractivity contribution < 1.29 is 33.8 Å². The molecule has 4 heterocycles. The molecule has 2 fully saturated rings. The third-order valence-electron chi connectivity index (χ3n) is 9.37. The van der Waals surface area contributed by atoms with Crippen LogP contribution < -0.4 is 10.2 Å². The van der Waals surface area contributed by atoms with E-state index in [2.05, 4.69) is 21.2 Å². The fraction of sp³-hybridized carbons (Fsp3) is 0.429. The number of benzene rings is 2. The lowest BCUT2D eigenvalue weighted by atomic mass is 9.74. The van der Waals surface area contributed by atoms with Gasteiger partial charge in [-0.1, -0.05) is 76.6 Å². The van der Waals surface area contributed by atoms with Crippen LogP contribution in [0.1, 0.15) is 42.1 Å². The number of amides is 3. The zero-order chi connectivity index (χ0) is 32.6. The Morgan fingerprint density at radius 2 is 1.74 bits per heavy atom. The Balaban J connectivity index is 1.47. The van der Waals surface area contributed by atoms with Gasteiger partial charge in [0.05, 0.1) is 12.5 Å². The lowest BCUT2D eigenvalue weighted by molar-refractivity contribution is -0.159. The Hall–Kier alpha value is -3.80. The van der Waals surface area contributed by atoms with Crippen molar-refractivity contribution in [2.75, 3.05) is 31.1 Å². The van der Waals surface area contributed by atoms with Crippen molar-refractivity contribution in [3.63, 3.8) is 0 Å². The van der Waals surface area contributed by atoms with Crippen LogP contribution in [-0.4, -0.2) is 77.7 Å². The molecule has 2 aromatic carbocycles. The molecule has 6 atom stereocenters. The third kappa shape index (κ3) is 5.58. The van der Waals surface area contributed by atoms with Crippen molar-refractivity contribution in [3.8, 4) is 0 Å². The first-order valence-corrected chi connectivity index (χ1v) is 16.5. The smallest absolute Gasteiger partial charge is 0.313 e. The molecule has 4 aliphatic rings. The van der Waals surface area contributed by atoms with Gasteiger partial charge >= 0.3 is 5.97 Å². The summed E-state index contributed by atoms with van der Waals surface area (Å²) in [4.78, 5) is 59.4. The molecule has 242 valence electrons. The maximum atomic E-state index is 15.0. The zero-order valence-electron chi connectivity index (χ0n) is 25.9. The van der Waals surface area contributed by atoms with Gasteiger partial charge in [0.15, 0.2) is 0 Å². The highest BCUT2D eigenvalue weighted by molar-refractivity contribution is 9.11. The molecule has 0 aliphatic carbocycles. The van der Waals surface area contributed by atoms with Crippen molar-refractivity contribution in [1.82, 2.24) is 10.2 Å². The van der Waals surface area contributed by atoms with Crippen LogP contribution in [0, 0.1) is 25.7 Å². The van der Waals surface area contributed by atoms with E-state index in [1.807, 2.05) is 74.5 Å². The monoisotopic (exact) mass is 691 g/mol. The van der Waals surface area contributed by atoms with Gasteiger partial charge in [-0.05, 0) is 49.5 Å². The number of halogens is 1. The number of nitrogens with one attached hydrogen (secondary N) is 1. The first kappa shape index (κ1) is 32.2. The van der Waals surface area contributed by atoms with Crippen LogP contribution in [0.2, 0.25) is 0 Å². The SMILES string of the molecule is Cc1cccc(C)c1N1C/C=C\CCC(=O)NC[C@H](c2ccccc2)OC(=O)[C@H]2[C@@H]3O[C@@]4(C=C3Br)[C@@H]2C(=O)N(CCCO)[C@@H]4C1=O. The second-order valence-corrected chi connectivity index (χ2v) is 13.2. The van der Waals surface area contributed by atoms with Crippen molar-refractivity contribution in [2.45, 2.75) is 57.0 Å². The van der Waals surface area contributed by atoms with E-state index in [1.54, 1.807) is 11.0 Å². The van der Waals surface area contributed by atoms with E-state index in [9.17, 15) is 24.3 Å². The minimum atomic E-state index is -1.43. The van der Waals surface area contributed by atoms with E-state index >= 15 is 0 Å². The summed E-state index contributed by atoms with van der Waals surface area (Å²) in [5.41, 5.74) is 1.75. The molecular weight excluding hydrogens is 654 g/mol. The van der Waals surface area contributed by atoms with Gasteiger partial charge in [0.25, 0.3) is 5.91 Å². The quantitative estimate of drug-likeness (QED) is 0.362. The molecule has 46 heavy (non-hydrogen) atoms. The number of para-hydroxylation sites is 1. The van der Waals surface area contributed by atoms with Crippen LogP contribution in [0.4, 0.5) is 5.69 Å². The number of aryl methyl sites for hydroxylation is 2. The first-order valence-electron chi connectivity index (χ1n) is 15.7. The number of cyclic esters (lactones) is 1. The van der Waals surface area contributed by atoms with Gasteiger partial charge in [0.2, 0.25) is 11.8 Å². The number of carbonyl (C=O) groups excluding carboxylic acids is 4. The number of anilines is 1. The highest BCUT2D eigenvalue weighted by Gasteiger charge is 2.75. The number of allylic oxidation sites excluding steroid dienone is 1. The number of hydrogen-bond donors (Lipinski definition) is 2. The molecule has 2 aromatic rings. The van der Waals surface area contributed by atoms with Gasteiger partial charge in [0.1, 0.15) is 29.8 Å². The van der Waals surface area contributed by atoms with Crippen molar-refractivity contribution >= 4 is 45.3 Å². The summed E-state index contributed by atoms with van der Waals surface area (Å²) in [6.45, 7) is 4.05. The summed E-state index contributed by atoms with van der Waals surface area (Å²) in [6, 6.07) is 13.8. The summed E-state index contributed by atoms with van der Waals surface area (Å²) in [5.74, 6) is -3.65. The number of rotatable bonds is 5. The number of nitrogens with zero attached hydrogens (tertiary/aromatic N) is 2. The van der Waals surface area contributed by atoms with Gasteiger partial charge in [-0.15, -0.1) is 0 Å². The van der Waals surface area contributed by atoms with E-state index in [0.29, 0.717) is 16.5 Å².